The Morgan fingerprint density at radius 2 is 1.52 bits per heavy atom. The molecule has 0 spiro atoms. The van der Waals surface area contributed by atoms with Gasteiger partial charge in [-0.3, -0.25) is 9.89 Å². The van der Waals surface area contributed by atoms with Crippen LogP contribution in [-0.4, -0.2) is 56.0 Å². The summed E-state index contributed by atoms with van der Waals surface area (Å²) in [5, 5.41) is 6.55. The molecule has 1 saturated heterocycles. The fourth-order valence-corrected chi connectivity index (χ4v) is 3.37. The van der Waals surface area contributed by atoms with E-state index < -0.39 is 0 Å². The van der Waals surface area contributed by atoms with Gasteiger partial charge in [0.2, 0.25) is 0 Å². The number of nitrogens with zero attached hydrogens (tertiary/aromatic N) is 3. The monoisotopic (exact) mass is 397 g/mol. The Kier molecular flexibility index (Phi) is 7.61. The lowest BCUT2D eigenvalue weighted by Crippen LogP contribution is -2.43. The highest BCUT2D eigenvalue weighted by Gasteiger charge is 2.13. The van der Waals surface area contributed by atoms with Crippen LogP contribution < -0.4 is 10.6 Å². The van der Waals surface area contributed by atoms with Gasteiger partial charge in [-0.15, -0.1) is 0 Å². The second-order valence-electron chi connectivity index (χ2n) is 7.76. The molecule has 1 aliphatic heterocycles. The predicted molar refractivity (Wildman–Crippen MR) is 117 cm³/mol. The van der Waals surface area contributed by atoms with Gasteiger partial charge in [0.1, 0.15) is 5.82 Å². The first-order valence-corrected chi connectivity index (χ1v) is 10.2. The van der Waals surface area contributed by atoms with E-state index in [1.807, 2.05) is 6.07 Å². The first-order valence-electron chi connectivity index (χ1n) is 10.2. The van der Waals surface area contributed by atoms with Crippen molar-refractivity contribution in [1.29, 1.82) is 0 Å². The van der Waals surface area contributed by atoms with Gasteiger partial charge in [-0.2, -0.15) is 0 Å². The zero-order valence-electron chi connectivity index (χ0n) is 17.7. The lowest BCUT2D eigenvalue weighted by Gasteiger charge is -2.32. The van der Waals surface area contributed by atoms with Gasteiger partial charge in [0.25, 0.3) is 0 Å². The number of likely N-dealkylation sites (N-methyl/N-ethyl adjacent to an activating group) is 1. The van der Waals surface area contributed by atoms with E-state index in [9.17, 15) is 4.39 Å². The SMILES string of the molecule is CN=C(NCc1ccc(CN2CCN(C)CC2)cc1)NCc1ccc(C)c(F)c1. The van der Waals surface area contributed by atoms with Crippen LogP contribution in [0.5, 0.6) is 0 Å². The van der Waals surface area contributed by atoms with Crippen LogP contribution in [0.15, 0.2) is 47.5 Å². The molecule has 2 aromatic rings. The van der Waals surface area contributed by atoms with Crippen LogP contribution in [0, 0.1) is 12.7 Å². The molecule has 0 saturated carbocycles. The molecule has 156 valence electrons. The van der Waals surface area contributed by atoms with Crippen molar-refractivity contribution in [1.82, 2.24) is 20.4 Å². The van der Waals surface area contributed by atoms with Crippen LogP contribution in [-0.2, 0) is 19.6 Å². The molecule has 0 bridgehead atoms. The van der Waals surface area contributed by atoms with Crippen molar-refractivity contribution in [2.75, 3.05) is 40.3 Å². The van der Waals surface area contributed by atoms with Crippen LogP contribution >= 0.6 is 0 Å². The van der Waals surface area contributed by atoms with E-state index >= 15 is 0 Å². The fraction of sp³-hybridized carbons (Fsp3) is 0.435. The van der Waals surface area contributed by atoms with Crippen LogP contribution in [0.2, 0.25) is 0 Å². The number of aliphatic imine (C=N–C) groups is 1. The molecule has 0 amide bonds. The van der Waals surface area contributed by atoms with Gasteiger partial charge < -0.3 is 15.5 Å². The number of benzene rings is 2. The Balaban J connectivity index is 1.44. The molecule has 2 N–H and O–H groups in total. The van der Waals surface area contributed by atoms with Crippen molar-refractivity contribution in [3.05, 3.63) is 70.5 Å². The summed E-state index contributed by atoms with van der Waals surface area (Å²) >= 11 is 0. The van der Waals surface area contributed by atoms with E-state index in [2.05, 4.69) is 56.7 Å². The lowest BCUT2D eigenvalue weighted by atomic mass is 10.1. The average Bonchev–Trinajstić information content (AvgIpc) is 2.73. The van der Waals surface area contributed by atoms with Crippen LogP contribution in [0.1, 0.15) is 22.3 Å². The maximum atomic E-state index is 13.7. The topological polar surface area (TPSA) is 42.9 Å². The standard InChI is InChI=1S/C23H32FN5/c1-18-4-5-21(14-22(18)24)16-27-23(25-2)26-15-19-6-8-20(9-7-19)17-29-12-10-28(3)11-13-29/h4-9,14H,10-13,15-17H2,1-3H3,(H2,25,26,27). The maximum absolute atomic E-state index is 13.7. The highest BCUT2D eigenvalue weighted by molar-refractivity contribution is 5.79. The zero-order chi connectivity index (χ0) is 20.6. The molecule has 0 atom stereocenters. The maximum Gasteiger partial charge on any atom is 0.191 e. The van der Waals surface area contributed by atoms with Crippen molar-refractivity contribution in [3.8, 4) is 0 Å². The summed E-state index contributed by atoms with van der Waals surface area (Å²) in [4.78, 5) is 9.13. The Labute approximate surface area is 173 Å². The minimum absolute atomic E-state index is 0.177. The number of nitrogens with one attached hydrogen (secondary N) is 2. The van der Waals surface area contributed by atoms with Crippen molar-refractivity contribution >= 4 is 5.96 Å². The molecule has 29 heavy (non-hydrogen) atoms. The second kappa shape index (κ2) is 10.4. The van der Waals surface area contributed by atoms with E-state index in [4.69, 9.17) is 0 Å². The first-order chi connectivity index (χ1) is 14.0. The van der Waals surface area contributed by atoms with Crippen molar-refractivity contribution in [3.63, 3.8) is 0 Å². The molecular formula is C23H32FN5. The summed E-state index contributed by atoms with van der Waals surface area (Å²) in [5.74, 6) is 0.524. The highest BCUT2D eigenvalue weighted by Crippen LogP contribution is 2.10. The summed E-state index contributed by atoms with van der Waals surface area (Å²) < 4.78 is 13.7. The zero-order valence-corrected chi connectivity index (χ0v) is 17.7. The first kappa shape index (κ1) is 21.3. The predicted octanol–water partition coefficient (Wildman–Crippen LogP) is 2.75. The Morgan fingerprint density at radius 3 is 2.14 bits per heavy atom. The Bertz CT molecular complexity index is 811. The molecule has 2 aromatic carbocycles. The summed E-state index contributed by atoms with van der Waals surface area (Å²) in [7, 11) is 3.92. The minimum atomic E-state index is -0.177. The highest BCUT2D eigenvalue weighted by atomic mass is 19.1. The molecule has 0 aliphatic carbocycles. The van der Waals surface area contributed by atoms with Crippen LogP contribution in [0.25, 0.3) is 0 Å². The molecule has 0 unspecified atom stereocenters. The average molecular weight is 398 g/mol. The van der Waals surface area contributed by atoms with E-state index in [0.717, 1.165) is 38.3 Å². The van der Waals surface area contributed by atoms with E-state index in [1.165, 1.54) is 11.1 Å². The molecule has 0 aromatic heterocycles. The third-order valence-corrected chi connectivity index (χ3v) is 5.40. The molecule has 6 heteroatoms. The fourth-order valence-electron chi connectivity index (χ4n) is 3.37. The molecule has 1 heterocycles. The van der Waals surface area contributed by atoms with E-state index in [1.54, 1.807) is 26.1 Å². The third-order valence-electron chi connectivity index (χ3n) is 5.40. The quantitative estimate of drug-likeness (QED) is 0.581. The molecular weight excluding hydrogens is 365 g/mol. The Morgan fingerprint density at radius 1 is 0.931 bits per heavy atom. The smallest absolute Gasteiger partial charge is 0.191 e. The van der Waals surface area contributed by atoms with Gasteiger partial charge in [-0.05, 0) is 42.3 Å². The molecule has 3 rings (SSSR count). The number of hydrogen-bond donors (Lipinski definition) is 2. The van der Waals surface area contributed by atoms with E-state index in [-0.39, 0.29) is 5.82 Å². The number of rotatable bonds is 6. The molecule has 0 radical (unpaired) electrons. The summed E-state index contributed by atoms with van der Waals surface area (Å²) in [6, 6.07) is 14.0. The van der Waals surface area contributed by atoms with Gasteiger partial charge >= 0.3 is 0 Å². The number of guanidine groups is 1. The number of aryl methyl sites for hydroxylation is 1. The molecule has 5 nitrogen and oxygen atoms in total. The minimum Gasteiger partial charge on any atom is -0.352 e. The molecule has 1 aliphatic rings. The molecule has 1 fully saturated rings. The summed E-state index contributed by atoms with van der Waals surface area (Å²) in [6.07, 6.45) is 0. The summed E-state index contributed by atoms with van der Waals surface area (Å²) in [6.45, 7) is 8.55. The van der Waals surface area contributed by atoms with Crippen LogP contribution in [0.4, 0.5) is 4.39 Å². The van der Waals surface area contributed by atoms with Gasteiger partial charge in [-0.25, -0.2) is 4.39 Å². The van der Waals surface area contributed by atoms with Crippen molar-refractivity contribution < 1.29 is 4.39 Å². The van der Waals surface area contributed by atoms with Gasteiger partial charge in [-0.1, -0.05) is 36.4 Å². The van der Waals surface area contributed by atoms with Crippen LogP contribution in [0.3, 0.4) is 0 Å². The number of hydrogen-bond acceptors (Lipinski definition) is 3. The largest absolute Gasteiger partial charge is 0.352 e. The van der Waals surface area contributed by atoms with Crippen molar-refractivity contribution in [2.45, 2.75) is 26.6 Å². The van der Waals surface area contributed by atoms with E-state index in [0.29, 0.717) is 24.6 Å². The second-order valence-corrected chi connectivity index (χ2v) is 7.76. The van der Waals surface area contributed by atoms with Gasteiger partial charge in [0.05, 0.1) is 0 Å². The third kappa shape index (κ3) is 6.54. The number of halogens is 1. The van der Waals surface area contributed by atoms with Crippen molar-refractivity contribution in [2.24, 2.45) is 4.99 Å². The summed E-state index contributed by atoms with van der Waals surface area (Å²) in [5.41, 5.74) is 4.11. The number of piperazine rings is 1. The Hall–Kier alpha value is -2.44. The van der Waals surface area contributed by atoms with Gasteiger partial charge in [0, 0.05) is 52.9 Å². The normalized spacial score (nSPS) is 16.1. The van der Waals surface area contributed by atoms with Gasteiger partial charge in [0.15, 0.2) is 5.96 Å². The lowest BCUT2D eigenvalue weighted by molar-refractivity contribution is 0.148.